The molecule has 0 bridgehead atoms. The van der Waals surface area contributed by atoms with Crippen LogP contribution in [0.2, 0.25) is 0 Å². The van der Waals surface area contributed by atoms with Crippen molar-refractivity contribution < 1.29 is 9.21 Å². The lowest BCUT2D eigenvalue weighted by molar-refractivity contribution is 0.0998. The SMILES string of the molecule is Nc1ccc2oc(C(=O)Nc3c(Br)cccc3Br)cc2c1. The maximum Gasteiger partial charge on any atom is 0.291 e. The molecule has 1 heterocycles. The van der Waals surface area contributed by atoms with Crippen LogP contribution < -0.4 is 11.1 Å². The molecule has 0 saturated heterocycles. The summed E-state index contributed by atoms with van der Waals surface area (Å²) in [6.45, 7) is 0. The largest absolute Gasteiger partial charge is 0.451 e. The fraction of sp³-hybridized carbons (Fsp3) is 0. The lowest BCUT2D eigenvalue weighted by Crippen LogP contribution is -2.11. The van der Waals surface area contributed by atoms with E-state index in [4.69, 9.17) is 10.2 Å². The number of nitrogens with two attached hydrogens (primary N) is 1. The number of hydrogen-bond acceptors (Lipinski definition) is 3. The number of anilines is 2. The van der Waals surface area contributed by atoms with Crippen molar-refractivity contribution in [3.05, 3.63) is 57.2 Å². The van der Waals surface area contributed by atoms with Gasteiger partial charge in [0.05, 0.1) is 5.69 Å². The first-order valence-electron chi connectivity index (χ1n) is 6.09. The summed E-state index contributed by atoms with van der Waals surface area (Å²) in [4.78, 5) is 12.3. The summed E-state index contributed by atoms with van der Waals surface area (Å²) in [5.74, 6) is -0.0874. The van der Waals surface area contributed by atoms with E-state index in [1.165, 1.54) is 0 Å². The van der Waals surface area contributed by atoms with Crippen molar-refractivity contribution >= 4 is 60.1 Å². The lowest BCUT2D eigenvalue weighted by atomic mass is 10.2. The highest BCUT2D eigenvalue weighted by Gasteiger charge is 2.15. The van der Waals surface area contributed by atoms with Gasteiger partial charge in [0.2, 0.25) is 0 Å². The van der Waals surface area contributed by atoms with Crippen molar-refractivity contribution in [2.75, 3.05) is 11.1 Å². The van der Waals surface area contributed by atoms with Crippen LogP contribution in [0.15, 0.2) is 55.8 Å². The Kier molecular flexibility index (Phi) is 3.73. The number of nitrogens with one attached hydrogen (secondary N) is 1. The quantitative estimate of drug-likeness (QED) is 0.597. The van der Waals surface area contributed by atoms with Gasteiger partial charge in [-0.1, -0.05) is 6.07 Å². The Morgan fingerprint density at radius 3 is 2.52 bits per heavy atom. The van der Waals surface area contributed by atoms with Gasteiger partial charge in [-0.2, -0.15) is 0 Å². The van der Waals surface area contributed by atoms with Gasteiger partial charge in [-0.15, -0.1) is 0 Å². The number of para-hydroxylation sites is 1. The summed E-state index contributed by atoms with van der Waals surface area (Å²) < 4.78 is 7.10. The second kappa shape index (κ2) is 5.54. The van der Waals surface area contributed by atoms with Gasteiger partial charge in [0.1, 0.15) is 5.58 Å². The zero-order chi connectivity index (χ0) is 15.0. The van der Waals surface area contributed by atoms with E-state index in [-0.39, 0.29) is 11.7 Å². The van der Waals surface area contributed by atoms with Gasteiger partial charge in [0, 0.05) is 20.0 Å². The van der Waals surface area contributed by atoms with Gasteiger partial charge < -0.3 is 15.5 Å². The van der Waals surface area contributed by atoms with Gasteiger partial charge in [-0.3, -0.25) is 4.79 Å². The van der Waals surface area contributed by atoms with Gasteiger partial charge in [0.25, 0.3) is 5.91 Å². The first-order valence-corrected chi connectivity index (χ1v) is 7.67. The third kappa shape index (κ3) is 2.82. The highest BCUT2D eigenvalue weighted by atomic mass is 79.9. The van der Waals surface area contributed by atoms with Crippen molar-refractivity contribution in [2.45, 2.75) is 0 Å². The minimum Gasteiger partial charge on any atom is -0.451 e. The Hall–Kier alpha value is -1.79. The van der Waals surface area contributed by atoms with E-state index < -0.39 is 0 Å². The summed E-state index contributed by atoms with van der Waals surface area (Å²) in [6, 6.07) is 12.5. The Balaban J connectivity index is 1.94. The normalized spacial score (nSPS) is 10.8. The number of nitrogen functional groups attached to an aromatic ring is 1. The van der Waals surface area contributed by atoms with Gasteiger partial charge >= 0.3 is 0 Å². The molecule has 0 spiro atoms. The third-order valence-corrected chi connectivity index (χ3v) is 4.29. The van der Waals surface area contributed by atoms with Crippen LogP contribution in [0, 0.1) is 0 Å². The highest BCUT2D eigenvalue weighted by molar-refractivity contribution is 9.11. The van der Waals surface area contributed by atoms with Gasteiger partial charge in [-0.05, 0) is 68.3 Å². The van der Waals surface area contributed by atoms with Crippen LogP contribution in [0.3, 0.4) is 0 Å². The number of carbonyl (C=O) groups is 1. The Morgan fingerprint density at radius 2 is 1.81 bits per heavy atom. The van der Waals surface area contributed by atoms with Crippen molar-refractivity contribution in [3.63, 3.8) is 0 Å². The molecule has 0 unspecified atom stereocenters. The molecule has 106 valence electrons. The predicted molar refractivity (Wildman–Crippen MR) is 90.4 cm³/mol. The molecule has 0 radical (unpaired) electrons. The number of hydrogen-bond donors (Lipinski definition) is 2. The van der Waals surface area contributed by atoms with E-state index in [1.807, 2.05) is 18.2 Å². The third-order valence-electron chi connectivity index (χ3n) is 2.97. The van der Waals surface area contributed by atoms with Crippen molar-refractivity contribution in [1.29, 1.82) is 0 Å². The van der Waals surface area contributed by atoms with Crippen LogP contribution in [0.4, 0.5) is 11.4 Å². The van der Waals surface area contributed by atoms with E-state index in [1.54, 1.807) is 24.3 Å². The molecule has 1 aromatic heterocycles. The fourth-order valence-electron chi connectivity index (χ4n) is 1.97. The molecule has 0 aliphatic carbocycles. The average Bonchev–Trinajstić information content (AvgIpc) is 2.86. The molecule has 4 nitrogen and oxygen atoms in total. The number of fused-ring (bicyclic) bond motifs is 1. The van der Waals surface area contributed by atoms with Crippen LogP contribution in [0.5, 0.6) is 0 Å². The zero-order valence-corrected chi connectivity index (χ0v) is 13.9. The monoisotopic (exact) mass is 408 g/mol. The maximum absolute atomic E-state index is 12.3. The van der Waals surface area contributed by atoms with E-state index >= 15 is 0 Å². The number of benzene rings is 2. The molecule has 0 atom stereocenters. The molecule has 3 rings (SSSR count). The van der Waals surface area contributed by atoms with Crippen LogP contribution in [-0.4, -0.2) is 5.91 Å². The van der Waals surface area contributed by atoms with Crippen LogP contribution in [0.1, 0.15) is 10.6 Å². The highest BCUT2D eigenvalue weighted by Crippen LogP contribution is 2.31. The minimum atomic E-state index is -0.322. The van der Waals surface area contributed by atoms with Crippen LogP contribution >= 0.6 is 31.9 Å². The summed E-state index contributed by atoms with van der Waals surface area (Å²) >= 11 is 6.80. The van der Waals surface area contributed by atoms with Crippen molar-refractivity contribution in [2.24, 2.45) is 0 Å². The zero-order valence-electron chi connectivity index (χ0n) is 10.7. The molecular formula is C15H10Br2N2O2. The fourth-order valence-corrected chi connectivity index (χ4v) is 3.16. The van der Waals surface area contributed by atoms with Crippen LogP contribution in [0.25, 0.3) is 11.0 Å². The molecule has 1 amide bonds. The van der Waals surface area contributed by atoms with Crippen molar-refractivity contribution in [3.8, 4) is 0 Å². The molecule has 2 aromatic carbocycles. The van der Waals surface area contributed by atoms with Gasteiger partial charge in [-0.25, -0.2) is 0 Å². The molecule has 0 fully saturated rings. The van der Waals surface area contributed by atoms with E-state index in [0.29, 0.717) is 17.0 Å². The summed E-state index contributed by atoms with van der Waals surface area (Å²) in [6.07, 6.45) is 0. The molecule has 0 aliphatic heterocycles. The molecule has 3 N–H and O–H groups in total. The second-order valence-corrected chi connectivity index (χ2v) is 6.17. The van der Waals surface area contributed by atoms with E-state index in [9.17, 15) is 4.79 Å². The summed E-state index contributed by atoms with van der Waals surface area (Å²) in [7, 11) is 0. The molecule has 0 saturated carbocycles. The van der Waals surface area contributed by atoms with Crippen LogP contribution in [-0.2, 0) is 0 Å². The number of furan rings is 1. The van der Waals surface area contributed by atoms with Crippen molar-refractivity contribution in [1.82, 2.24) is 0 Å². The molecule has 6 heteroatoms. The molecule has 21 heavy (non-hydrogen) atoms. The van der Waals surface area contributed by atoms with E-state index in [0.717, 1.165) is 14.3 Å². The summed E-state index contributed by atoms with van der Waals surface area (Å²) in [5, 5.41) is 3.61. The van der Waals surface area contributed by atoms with E-state index in [2.05, 4.69) is 37.2 Å². The molecular weight excluding hydrogens is 400 g/mol. The smallest absolute Gasteiger partial charge is 0.291 e. The number of halogens is 2. The number of rotatable bonds is 2. The number of amides is 1. The Bertz CT molecular complexity index is 823. The minimum absolute atomic E-state index is 0.234. The predicted octanol–water partition coefficient (Wildman–Crippen LogP) is 4.79. The Labute approximate surface area is 137 Å². The lowest BCUT2D eigenvalue weighted by Gasteiger charge is -2.07. The first kappa shape index (κ1) is 14.2. The maximum atomic E-state index is 12.3. The summed E-state index contributed by atoms with van der Waals surface area (Å²) in [5.41, 5.74) is 7.63. The standard InChI is InChI=1S/C15H10Br2N2O2/c16-10-2-1-3-11(17)14(10)19-15(20)13-7-8-6-9(18)4-5-12(8)21-13/h1-7H,18H2,(H,19,20). The molecule has 0 aliphatic rings. The number of carbonyl (C=O) groups excluding carboxylic acids is 1. The average molecular weight is 410 g/mol. The second-order valence-electron chi connectivity index (χ2n) is 4.46. The Morgan fingerprint density at radius 1 is 1.10 bits per heavy atom. The molecule has 3 aromatic rings. The van der Waals surface area contributed by atoms with Gasteiger partial charge in [0.15, 0.2) is 5.76 Å². The first-order chi connectivity index (χ1) is 10.0. The topological polar surface area (TPSA) is 68.3 Å².